The van der Waals surface area contributed by atoms with Crippen molar-refractivity contribution in [1.29, 1.82) is 0 Å². The van der Waals surface area contributed by atoms with Crippen LogP contribution in [0.2, 0.25) is 5.02 Å². The average Bonchev–Trinajstić information content (AvgIpc) is 3.24. The first-order chi connectivity index (χ1) is 13.7. The molecule has 1 saturated heterocycles. The van der Waals surface area contributed by atoms with Gasteiger partial charge in [0.25, 0.3) is 0 Å². The number of guanidine groups is 1. The molecule has 0 bridgehead atoms. The van der Waals surface area contributed by atoms with Gasteiger partial charge in [-0.2, -0.15) is 0 Å². The van der Waals surface area contributed by atoms with Gasteiger partial charge in [0.05, 0.1) is 12.6 Å². The van der Waals surface area contributed by atoms with Crippen molar-refractivity contribution in [3.63, 3.8) is 0 Å². The largest absolute Gasteiger partial charge is 0.386 e. The summed E-state index contributed by atoms with van der Waals surface area (Å²) >= 11 is 6.19. The molecule has 2 fully saturated rings. The van der Waals surface area contributed by atoms with Gasteiger partial charge in [-0.25, -0.2) is 0 Å². The van der Waals surface area contributed by atoms with E-state index in [1.807, 2.05) is 18.2 Å². The summed E-state index contributed by atoms with van der Waals surface area (Å²) in [5.74, 6) is 1.64. The molecule has 2 N–H and O–H groups in total. The summed E-state index contributed by atoms with van der Waals surface area (Å²) in [5, 5.41) is 14.4. The molecule has 0 aromatic heterocycles. The Morgan fingerprint density at radius 1 is 1.25 bits per heavy atom. The van der Waals surface area contributed by atoms with E-state index in [0.29, 0.717) is 17.7 Å². The molecular formula is C22H34ClN3O2. The summed E-state index contributed by atoms with van der Waals surface area (Å²) < 4.78 is 6.18. The predicted molar refractivity (Wildman–Crippen MR) is 115 cm³/mol. The molecule has 28 heavy (non-hydrogen) atoms. The normalized spacial score (nSPS) is 20.5. The fourth-order valence-electron chi connectivity index (χ4n) is 4.13. The number of piperidine rings is 1. The Balaban J connectivity index is 1.49. The first-order valence-corrected chi connectivity index (χ1v) is 11.1. The Morgan fingerprint density at radius 2 is 1.96 bits per heavy atom. The number of aliphatic hydroxyl groups is 1. The number of ether oxygens (including phenoxy) is 1. The first-order valence-electron chi connectivity index (χ1n) is 10.7. The molecule has 1 aliphatic carbocycles. The molecule has 0 spiro atoms. The van der Waals surface area contributed by atoms with Crippen molar-refractivity contribution < 1.29 is 9.84 Å². The Hall–Kier alpha value is -1.30. The van der Waals surface area contributed by atoms with Gasteiger partial charge in [-0.1, -0.05) is 42.6 Å². The zero-order chi connectivity index (χ0) is 19.8. The van der Waals surface area contributed by atoms with Crippen molar-refractivity contribution in [2.75, 3.05) is 32.8 Å². The van der Waals surface area contributed by atoms with Crippen LogP contribution in [0, 0.1) is 5.92 Å². The maximum absolute atomic E-state index is 10.5. The van der Waals surface area contributed by atoms with E-state index in [-0.39, 0.29) is 0 Å². The lowest BCUT2D eigenvalue weighted by atomic mass is 10.1. The molecular weight excluding hydrogens is 374 g/mol. The quantitative estimate of drug-likeness (QED) is 0.529. The highest BCUT2D eigenvalue weighted by Gasteiger charge is 2.24. The second kappa shape index (κ2) is 11.0. The molecule has 1 aliphatic heterocycles. The molecule has 1 aromatic carbocycles. The molecule has 156 valence electrons. The minimum Gasteiger partial charge on any atom is -0.386 e. The van der Waals surface area contributed by atoms with Crippen molar-refractivity contribution in [2.24, 2.45) is 10.9 Å². The lowest BCUT2D eigenvalue weighted by Gasteiger charge is -2.34. The van der Waals surface area contributed by atoms with E-state index in [2.05, 4.69) is 22.1 Å². The SMILES string of the molecule is CCNC(=NCC(O)c1ccccc1Cl)N1CCC(OCC2CCCC2)CC1. The van der Waals surface area contributed by atoms with Gasteiger partial charge in [0.2, 0.25) is 0 Å². The van der Waals surface area contributed by atoms with E-state index >= 15 is 0 Å². The van der Waals surface area contributed by atoms with Crippen LogP contribution in [0.3, 0.4) is 0 Å². The van der Waals surface area contributed by atoms with Crippen LogP contribution < -0.4 is 5.32 Å². The van der Waals surface area contributed by atoms with Crippen LogP contribution in [0.1, 0.15) is 57.1 Å². The first kappa shape index (κ1) is 21.4. The van der Waals surface area contributed by atoms with E-state index < -0.39 is 6.10 Å². The third-order valence-corrected chi connectivity index (χ3v) is 6.14. The third-order valence-electron chi connectivity index (χ3n) is 5.80. The number of rotatable bonds is 7. The highest BCUT2D eigenvalue weighted by molar-refractivity contribution is 6.31. The lowest BCUT2D eigenvalue weighted by Crippen LogP contribution is -2.47. The van der Waals surface area contributed by atoms with Crippen molar-refractivity contribution in [1.82, 2.24) is 10.2 Å². The number of hydrogen-bond donors (Lipinski definition) is 2. The van der Waals surface area contributed by atoms with E-state index in [1.54, 1.807) is 6.07 Å². The maximum Gasteiger partial charge on any atom is 0.194 e. The highest BCUT2D eigenvalue weighted by Crippen LogP contribution is 2.26. The number of nitrogens with one attached hydrogen (secondary N) is 1. The van der Waals surface area contributed by atoms with E-state index in [4.69, 9.17) is 16.3 Å². The van der Waals surface area contributed by atoms with Crippen LogP contribution in [0.5, 0.6) is 0 Å². The molecule has 5 nitrogen and oxygen atoms in total. The summed E-state index contributed by atoms with van der Waals surface area (Å²) in [6, 6.07) is 7.40. The Labute approximate surface area is 174 Å². The number of aliphatic imine (C=N–C) groups is 1. The number of hydrogen-bond acceptors (Lipinski definition) is 3. The highest BCUT2D eigenvalue weighted by atomic mass is 35.5. The monoisotopic (exact) mass is 407 g/mol. The molecule has 6 heteroatoms. The summed E-state index contributed by atoms with van der Waals surface area (Å²) in [7, 11) is 0. The molecule has 3 rings (SSSR count). The average molecular weight is 408 g/mol. The van der Waals surface area contributed by atoms with Crippen LogP contribution in [0.15, 0.2) is 29.3 Å². The maximum atomic E-state index is 10.5. The molecule has 1 heterocycles. The summed E-state index contributed by atoms with van der Waals surface area (Å²) in [5.41, 5.74) is 0.725. The van der Waals surface area contributed by atoms with E-state index in [0.717, 1.165) is 56.5 Å². The predicted octanol–water partition coefficient (Wildman–Crippen LogP) is 4.01. The van der Waals surface area contributed by atoms with Gasteiger partial charge in [-0.05, 0) is 44.6 Å². The number of aliphatic hydroxyl groups excluding tert-OH is 1. The van der Waals surface area contributed by atoms with Gasteiger partial charge >= 0.3 is 0 Å². The van der Waals surface area contributed by atoms with Gasteiger partial charge in [0.15, 0.2) is 5.96 Å². The summed E-state index contributed by atoms with van der Waals surface area (Å²) in [6.07, 6.45) is 7.15. The second-order valence-electron chi connectivity index (χ2n) is 7.90. The van der Waals surface area contributed by atoms with Gasteiger partial charge in [0, 0.05) is 36.8 Å². The van der Waals surface area contributed by atoms with E-state index in [9.17, 15) is 5.11 Å². The zero-order valence-corrected chi connectivity index (χ0v) is 17.7. The molecule has 2 aliphatic rings. The van der Waals surface area contributed by atoms with Gasteiger partial charge in [0.1, 0.15) is 6.10 Å². The van der Waals surface area contributed by atoms with Gasteiger partial charge in [-0.15, -0.1) is 0 Å². The number of nitrogens with zero attached hydrogens (tertiary/aromatic N) is 2. The second-order valence-corrected chi connectivity index (χ2v) is 8.31. The smallest absolute Gasteiger partial charge is 0.194 e. The van der Waals surface area contributed by atoms with Crippen molar-refractivity contribution in [2.45, 2.75) is 57.7 Å². The van der Waals surface area contributed by atoms with Crippen LogP contribution in [0.4, 0.5) is 0 Å². The topological polar surface area (TPSA) is 57.1 Å². The lowest BCUT2D eigenvalue weighted by molar-refractivity contribution is 0.000979. The van der Waals surface area contributed by atoms with Crippen LogP contribution in [0.25, 0.3) is 0 Å². The van der Waals surface area contributed by atoms with Crippen molar-refractivity contribution in [3.05, 3.63) is 34.9 Å². The summed E-state index contributed by atoms with van der Waals surface area (Å²) in [4.78, 5) is 6.95. The molecule has 1 unspecified atom stereocenters. The Kier molecular flexibility index (Phi) is 8.44. The van der Waals surface area contributed by atoms with Crippen LogP contribution >= 0.6 is 11.6 Å². The standard InChI is InChI=1S/C22H34ClN3O2/c1-2-24-22(25-15-21(27)19-9-5-6-10-20(19)23)26-13-11-18(12-14-26)28-16-17-7-3-4-8-17/h5-6,9-10,17-18,21,27H,2-4,7-8,11-16H2,1H3,(H,24,25). The van der Waals surface area contributed by atoms with Crippen molar-refractivity contribution in [3.8, 4) is 0 Å². The molecule has 0 radical (unpaired) electrons. The Bertz CT molecular complexity index is 626. The van der Waals surface area contributed by atoms with Gasteiger partial charge < -0.3 is 20.1 Å². The molecule has 1 atom stereocenters. The molecule has 1 aromatic rings. The fraction of sp³-hybridized carbons (Fsp3) is 0.682. The molecule has 0 amide bonds. The van der Waals surface area contributed by atoms with Crippen LogP contribution in [-0.2, 0) is 4.74 Å². The third kappa shape index (κ3) is 6.10. The van der Waals surface area contributed by atoms with Gasteiger partial charge in [-0.3, -0.25) is 4.99 Å². The Morgan fingerprint density at radius 3 is 2.64 bits per heavy atom. The fourth-order valence-corrected chi connectivity index (χ4v) is 4.39. The number of likely N-dealkylation sites (tertiary alicyclic amines) is 1. The van der Waals surface area contributed by atoms with E-state index in [1.165, 1.54) is 25.7 Å². The van der Waals surface area contributed by atoms with Crippen molar-refractivity contribution >= 4 is 17.6 Å². The number of benzene rings is 1. The van der Waals surface area contributed by atoms with Crippen LogP contribution in [-0.4, -0.2) is 54.9 Å². The molecule has 1 saturated carbocycles. The minimum absolute atomic E-state index is 0.296. The number of halogens is 1. The summed E-state index contributed by atoms with van der Waals surface area (Å²) in [6.45, 7) is 5.97. The minimum atomic E-state index is -0.699. The zero-order valence-electron chi connectivity index (χ0n) is 16.9.